The van der Waals surface area contributed by atoms with Crippen LogP contribution in [0.25, 0.3) is 10.9 Å². The summed E-state index contributed by atoms with van der Waals surface area (Å²) in [4.78, 5) is 19.0. The highest BCUT2D eigenvalue weighted by Crippen LogP contribution is 2.41. The van der Waals surface area contributed by atoms with Crippen molar-refractivity contribution in [1.82, 2.24) is 9.88 Å². The van der Waals surface area contributed by atoms with Gasteiger partial charge in [0.25, 0.3) is 0 Å². The molecule has 1 aromatic heterocycles. The third kappa shape index (κ3) is 3.53. The molecular weight excluding hydrogens is 380 g/mol. The van der Waals surface area contributed by atoms with E-state index in [4.69, 9.17) is 9.47 Å². The molecule has 2 aliphatic rings. The second-order valence-corrected chi connectivity index (χ2v) is 8.14. The highest BCUT2D eigenvalue weighted by molar-refractivity contribution is 5.79. The molecular formula is C24H24N2O4. The van der Waals surface area contributed by atoms with E-state index in [1.165, 1.54) is 0 Å². The highest BCUT2D eigenvalue weighted by atomic mass is 16.6. The SMILES string of the molecule is O=C(OCc1ccccc1)N1C2COCC1CC(O)(c1ccc3cccnc3c1)C2. The van der Waals surface area contributed by atoms with Gasteiger partial charge < -0.3 is 14.6 Å². The third-order valence-electron chi connectivity index (χ3n) is 6.11. The number of pyridine rings is 1. The maximum absolute atomic E-state index is 12.9. The number of rotatable bonds is 3. The van der Waals surface area contributed by atoms with Gasteiger partial charge in [-0.15, -0.1) is 0 Å². The summed E-state index contributed by atoms with van der Waals surface area (Å²) in [6, 6.07) is 19.0. The van der Waals surface area contributed by atoms with E-state index in [-0.39, 0.29) is 24.8 Å². The summed E-state index contributed by atoms with van der Waals surface area (Å²) in [5, 5.41) is 12.6. The van der Waals surface area contributed by atoms with Crippen LogP contribution in [0.5, 0.6) is 0 Å². The van der Waals surface area contributed by atoms with Crippen LogP contribution in [0.1, 0.15) is 24.0 Å². The molecule has 0 aliphatic carbocycles. The number of aromatic nitrogens is 1. The van der Waals surface area contributed by atoms with E-state index in [2.05, 4.69) is 4.98 Å². The molecule has 5 rings (SSSR count). The van der Waals surface area contributed by atoms with Crippen LogP contribution in [-0.4, -0.2) is 46.4 Å². The first-order valence-electron chi connectivity index (χ1n) is 10.3. The number of ether oxygens (including phenoxy) is 2. The van der Waals surface area contributed by atoms with Crippen molar-refractivity contribution in [2.75, 3.05) is 13.2 Å². The van der Waals surface area contributed by atoms with Crippen LogP contribution < -0.4 is 0 Å². The molecule has 1 amide bonds. The maximum atomic E-state index is 12.9. The van der Waals surface area contributed by atoms with E-state index >= 15 is 0 Å². The molecule has 30 heavy (non-hydrogen) atoms. The van der Waals surface area contributed by atoms with E-state index < -0.39 is 5.60 Å². The smallest absolute Gasteiger partial charge is 0.410 e. The van der Waals surface area contributed by atoms with Gasteiger partial charge in [-0.3, -0.25) is 9.88 Å². The van der Waals surface area contributed by atoms with Gasteiger partial charge in [-0.2, -0.15) is 0 Å². The Bertz CT molecular complexity index is 1040. The Labute approximate surface area is 175 Å². The number of carbonyl (C=O) groups is 1. The van der Waals surface area contributed by atoms with Crippen LogP contribution in [0.15, 0.2) is 66.9 Å². The van der Waals surface area contributed by atoms with Crippen molar-refractivity contribution >= 4 is 17.0 Å². The average molecular weight is 404 g/mol. The molecule has 1 N–H and O–H groups in total. The number of benzene rings is 2. The minimum Gasteiger partial charge on any atom is -0.445 e. The molecule has 3 aromatic rings. The second-order valence-electron chi connectivity index (χ2n) is 8.14. The van der Waals surface area contributed by atoms with Crippen LogP contribution in [0.4, 0.5) is 4.79 Å². The minimum absolute atomic E-state index is 0.231. The van der Waals surface area contributed by atoms with Gasteiger partial charge in [-0.1, -0.05) is 48.5 Å². The fourth-order valence-corrected chi connectivity index (χ4v) is 4.66. The number of hydrogen-bond donors (Lipinski definition) is 1. The van der Waals surface area contributed by atoms with Crippen LogP contribution in [0.2, 0.25) is 0 Å². The molecule has 0 saturated carbocycles. The van der Waals surface area contributed by atoms with Gasteiger partial charge in [-0.25, -0.2) is 4.79 Å². The first-order chi connectivity index (χ1) is 14.6. The molecule has 2 aromatic carbocycles. The van der Waals surface area contributed by atoms with E-state index in [0.29, 0.717) is 26.1 Å². The fourth-order valence-electron chi connectivity index (χ4n) is 4.66. The molecule has 6 heteroatoms. The molecule has 2 fully saturated rings. The number of piperidine rings is 1. The molecule has 0 radical (unpaired) electrons. The van der Waals surface area contributed by atoms with Crippen molar-refractivity contribution < 1.29 is 19.4 Å². The monoisotopic (exact) mass is 404 g/mol. The zero-order chi connectivity index (χ0) is 20.6. The largest absolute Gasteiger partial charge is 0.445 e. The van der Waals surface area contributed by atoms with Crippen molar-refractivity contribution in [2.24, 2.45) is 0 Å². The third-order valence-corrected chi connectivity index (χ3v) is 6.11. The van der Waals surface area contributed by atoms with Crippen molar-refractivity contribution in [2.45, 2.75) is 37.1 Å². The predicted molar refractivity (Wildman–Crippen MR) is 112 cm³/mol. The van der Waals surface area contributed by atoms with Crippen molar-refractivity contribution in [1.29, 1.82) is 0 Å². The highest BCUT2D eigenvalue weighted by Gasteiger charge is 2.49. The molecule has 2 aliphatic heterocycles. The number of hydrogen-bond acceptors (Lipinski definition) is 5. The molecule has 3 heterocycles. The van der Waals surface area contributed by atoms with E-state index in [0.717, 1.165) is 22.0 Å². The lowest BCUT2D eigenvalue weighted by Gasteiger charge is -2.51. The van der Waals surface area contributed by atoms with Crippen LogP contribution in [-0.2, 0) is 21.7 Å². The molecule has 6 nitrogen and oxygen atoms in total. The van der Waals surface area contributed by atoms with Crippen LogP contribution in [0.3, 0.4) is 0 Å². The summed E-state index contributed by atoms with van der Waals surface area (Å²) < 4.78 is 11.3. The molecule has 2 unspecified atom stereocenters. The number of morpholine rings is 1. The van der Waals surface area contributed by atoms with Crippen molar-refractivity contribution in [3.63, 3.8) is 0 Å². The lowest BCUT2D eigenvalue weighted by Crippen LogP contribution is -2.62. The van der Waals surface area contributed by atoms with Crippen molar-refractivity contribution in [3.05, 3.63) is 78.0 Å². The number of aliphatic hydroxyl groups is 1. The first-order valence-corrected chi connectivity index (χ1v) is 10.3. The summed E-state index contributed by atoms with van der Waals surface area (Å²) >= 11 is 0. The van der Waals surface area contributed by atoms with E-state index in [1.54, 1.807) is 11.1 Å². The van der Waals surface area contributed by atoms with Crippen LogP contribution >= 0.6 is 0 Å². The van der Waals surface area contributed by atoms with Gasteiger partial charge in [-0.05, 0) is 23.3 Å². The summed E-state index contributed by atoms with van der Waals surface area (Å²) in [6.07, 6.45) is 2.22. The minimum atomic E-state index is -1.03. The van der Waals surface area contributed by atoms with Gasteiger partial charge in [0.2, 0.25) is 0 Å². The zero-order valence-corrected chi connectivity index (χ0v) is 16.6. The summed E-state index contributed by atoms with van der Waals surface area (Å²) in [5.41, 5.74) is 1.61. The second kappa shape index (κ2) is 7.70. The van der Waals surface area contributed by atoms with Gasteiger partial charge in [0.05, 0.1) is 36.4 Å². The number of fused-ring (bicyclic) bond motifs is 3. The molecule has 0 spiro atoms. The lowest BCUT2D eigenvalue weighted by molar-refractivity contribution is -0.136. The molecule has 2 saturated heterocycles. The normalized spacial score (nSPS) is 25.8. The summed E-state index contributed by atoms with van der Waals surface area (Å²) in [7, 11) is 0. The van der Waals surface area contributed by atoms with Gasteiger partial charge in [0.15, 0.2) is 0 Å². The number of nitrogens with zero attached hydrogens (tertiary/aromatic N) is 2. The Kier molecular flexibility index (Phi) is 4.89. The first kappa shape index (κ1) is 19.0. The average Bonchev–Trinajstić information content (AvgIpc) is 2.77. The Morgan fingerprint density at radius 3 is 2.63 bits per heavy atom. The quantitative estimate of drug-likeness (QED) is 0.722. The predicted octanol–water partition coefficient (Wildman–Crippen LogP) is 3.62. The van der Waals surface area contributed by atoms with E-state index in [1.807, 2.05) is 60.7 Å². The maximum Gasteiger partial charge on any atom is 0.410 e. The molecule has 154 valence electrons. The van der Waals surface area contributed by atoms with Gasteiger partial charge in [0, 0.05) is 24.4 Å². The Morgan fingerprint density at radius 2 is 1.87 bits per heavy atom. The molecule has 2 bridgehead atoms. The van der Waals surface area contributed by atoms with Crippen LogP contribution in [0, 0.1) is 0 Å². The molecule has 2 atom stereocenters. The van der Waals surface area contributed by atoms with E-state index in [9.17, 15) is 9.90 Å². The lowest BCUT2D eigenvalue weighted by atomic mass is 9.77. The Balaban J connectivity index is 1.35. The Hall–Kier alpha value is -2.96. The Morgan fingerprint density at radius 1 is 1.10 bits per heavy atom. The fraction of sp³-hybridized carbons (Fsp3) is 0.333. The topological polar surface area (TPSA) is 71.9 Å². The summed E-state index contributed by atoms with van der Waals surface area (Å²) in [5.74, 6) is 0. The van der Waals surface area contributed by atoms with Gasteiger partial charge >= 0.3 is 6.09 Å². The van der Waals surface area contributed by atoms with Crippen molar-refractivity contribution in [3.8, 4) is 0 Å². The summed E-state index contributed by atoms with van der Waals surface area (Å²) in [6.45, 7) is 1.02. The standard InChI is InChI=1S/C24H24N2O4/c27-23(30-14-17-5-2-1-3-6-17)26-20-12-24(28,13-21(26)16-29-15-20)19-9-8-18-7-4-10-25-22(18)11-19/h1-11,20-21,28H,12-16H2. The van der Waals surface area contributed by atoms with Gasteiger partial charge in [0.1, 0.15) is 6.61 Å². The number of carbonyl (C=O) groups excluding carboxylic acids is 1. The zero-order valence-electron chi connectivity index (χ0n) is 16.6. The number of amides is 1.